The number of hydrogen-bond acceptors (Lipinski definition) is 5. The molecule has 0 aliphatic rings. The third-order valence-corrected chi connectivity index (χ3v) is 4.54. The number of carbonyl (C=O) groups is 1. The van der Waals surface area contributed by atoms with E-state index in [-0.39, 0.29) is 5.56 Å². The second kappa shape index (κ2) is 7.18. The number of aromatic carboxylic acids is 1. The zero-order valence-corrected chi connectivity index (χ0v) is 13.6. The van der Waals surface area contributed by atoms with E-state index in [9.17, 15) is 9.90 Å². The highest BCUT2D eigenvalue weighted by molar-refractivity contribution is 7.98. The lowest BCUT2D eigenvalue weighted by Crippen LogP contribution is -2.14. The largest absolute Gasteiger partial charge is 0.478 e. The van der Waals surface area contributed by atoms with Gasteiger partial charge in [0, 0.05) is 12.2 Å². The van der Waals surface area contributed by atoms with Gasteiger partial charge in [-0.25, -0.2) is 9.47 Å². The molecule has 24 heavy (non-hydrogen) atoms. The van der Waals surface area contributed by atoms with Gasteiger partial charge in [0.15, 0.2) is 5.82 Å². The third kappa shape index (κ3) is 3.57. The predicted octanol–water partition coefficient (Wildman–Crippen LogP) is 2.57. The molecule has 1 aromatic heterocycles. The molecule has 3 aromatic rings. The minimum Gasteiger partial charge on any atom is -0.478 e. The lowest BCUT2D eigenvalue weighted by atomic mass is 10.1. The van der Waals surface area contributed by atoms with Crippen molar-refractivity contribution in [2.24, 2.45) is 0 Å². The van der Waals surface area contributed by atoms with Crippen LogP contribution in [-0.2, 0) is 12.2 Å². The topological polar surface area (TPSA) is 94.0 Å². The van der Waals surface area contributed by atoms with Crippen LogP contribution in [0.4, 0.5) is 0 Å². The van der Waals surface area contributed by atoms with Gasteiger partial charge in [0.2, 0.25) is 5.16 Å². The molecule has 0 aliphatic heterocycles. The first-order valence-electron chi connectivity index (χ1n) is 7.32. The second-order valence-corrected chi connectivity index (χ2v) is 6.12. The number of hydrogen-bond donors (Lipinski definition) is 2. The van der Waals surface area contributed by atoms with Crippen molar-refractivity contribution in [3.8, 4) is 0 Å². The summed E-state index contributed by atoms with van der Waals surface area (Å²) < 4.78 is 1.46. The number of aromatic nitrogens is 3. The number of carboxylic acids is 1. The molecule has 3 rings (SSSR count). The van der Waals surface area contributed by atoms with Crippen LogP contribution >= 0.6 is 11.8 Å². The Kier molecular flexibility index (Phi) is 4.81. The third-order valence-electron chi connectivity index (χ3n) is 3.54. The summed E-state index contributed by atoms with van der Waals surface area (Å²) in [5.41, 5.74) is 2.12. The van der Waals surface area contributed by atoms with E-state index in [1.807, 2.05) is 36.4 Å². The standard InChI is InChI=1S/C17H16N4O2S/c18-21-15(10-12-6-2-1-3-7-12)19-20-17(21)24-11-13-8-4-5-9-14(13)16(22)23/h1-9H,10-11,18H2,(H,22,23). The van der Waals surface area contributed by atoms with Crippen LogP contribution in [0.2, 0.25) is 0 Å². The number of nitrogens with zero attached hydrogens (tertiary/aromatic N) is 3. The summed E-state index contributed by atoms with van der Waals surface area (Å²) in [6.45, 7) is 0. The first kappa shape index (κ1) is 16.1. The molecule has 1 heterocycles. The number of nitrogen functional groups attached to an aromatic ring is 1. The first-order chi connectivity index (χ1) is 11.6. The highest BCUT2D eigenvalue weighted by Crippen LogP contribution is 2.23. The first-order valence-corrected chi connectivity index (χ1v) is 8.31. The van der Waals surface area contributed by atoms with Crippen LogP contribution in [0.15, 0.2) is 59.8 Å². The van der Waals surface area contributed by atoms with Crippen molar-refractivity contribution >= 4 is 17.7 Å². The van der Waals surface area contributed by atoms with Gasteiger partial charge in [-0.05, 0) is 17.2 Å². The quantitative estimate of drug-likeness (QED) is 0.529. The fourth-order valence-corrected chi connectivity index (χ4v) is 3.18. The molecule has 0 saturated heterocycles. The number of carboxylic acid groups (broad SMARTS) is 1. The minimum absolute atomic E-state index is 0.289. The Balaban J connectivity index is 1.72. The molecule has 6 nitrogen and oxygen atoms in total. The summed E-state index contributed by atoms with van der Waals surface area (Å²) >= 11 is 1.36. The van der Waals surface area contributed by atoms with Crippen LogP contribution in [0.1, 0.15) is 27.3 Å². The summed E-state index contributed by atoms with van der Waals surface area (Å²) in [5, 5.41) is 18.0. The summed E-state index contributed by atoms with van der Waals surface area (Å²) in [7, 11) is 0. The monoisotopic (exact) mass is 340 g/mol. The highest BCUT2D eigenvalue weighted by atomic mass is 32.2. The molecule has 0 unspecified atom stereocenters. The molecule has 0 saturated carbocycles. The van der Waals surface area contributed by atoms with Gasteiger partial charge in [-0.15, -0.1) is 10.2 Å². The molecule has 0 fully saturated rings. The smallest absolute Gasteiger partial charge is 0.335 e. The summed E-state index contributed by atoms with van der Waals surface area (Å²) in [5.74, 6) is 6.25. The highest BCUT2D eigenvalue weighted by Gasteiger charge is 2.13. The van der Waals surface area contributed by atoms with Crippen LogP contribution in [0.25, 0.3) is 0 Å². The van der Waals surface area contributed by atoms with E-state index >= 15 is 0 Å². The van der Waals surface area contributed by atoms with Crippen LogP contribution in [0, 0.1) is 0 Å². The predicted molar refractivity (Wildman–Crippen MR) is 92.4 cm³/mol. The Labute approximate surface area is 143 Å². The number of nitrogens with two attached hydrogens (primary N) is 1. The van der Waals surface area contributed by atoms with Crippen molar-refractivity contribution in [1.29, 1.82) is 0 Å². The number of benzene rings is 2. The van der Waals surface area contributed by atoms with Gasteiger partial charge in [-0.1, -0.05) is 60.3 Å². The van der Waals surface area contributed by atoms with Crippen molar-refractivity contribution in [3.05, 3.63) is 77.1 Å². The van der Waals surface area contributed by atoms with Crippen LogP contribution in [-0.4, -0.2) is 25.9 Å². The summed E-state index contributed by atoms with van der Waals surface area (Å²) in [6, 6.07) is 16.8. The molecule has 0 aliphatic carbocycles. The average Bonchev–Trinajstić information content (AvgIpc) is 2.94. The SMILES string of the molecule is Nn1c(Cc2ccccc2)nnc1SCc1ccccc1C(=O)O. The van der Waals surface area contributed by atoms with Crippen molar-refractivity contribution < 1.29 is 9.90 Å². The van der Waals surface area contributed by atoms with E-state index in [1.165, 1.54) is 16.4 Å². The van der Waals surface area contributed by atoms with Gasteiger partial charge in [0.05, 0.1) is 5.56 Å². The Hall–Kier alpha value is -2.80. The van der Waals surface area contributed by atoms with E-state index in [0.717, 1.165) is 11.1 Å². The lowest BCUT2D eigenvalue weighted by Gasteiger charge is -2.06. The van der Waals surface area contributed by atoms with Gasteiger partial charge in [-0.2, -0.15) is 0 Å². The minimum atomic E-state index is -0.940. The summed E-state index contributed by atoms with van der Waals surface area (Å²) in [6.07, 6.45) is 0.594. The number of rotatable bonds is 6. The van der Waals surface area contributed by atoms with E-state index in [1.54, 1.807) is 18.2 Å². The molecule has 0 amide bonds. The normalized spacial score (nSPS) is 10.7. The molecule has 0 radical (unpaired) electrons. The van der Waals surface area contributed by atoms with Gasteiger partial charge in [-0.3, -0.25) is 0 Å². The molecule has 0 atom stereocenters. The Morgan fingerprint density at radius 1 is 1.08 bits per heavy atom. The molecule has 2 aromatic carbocycles. The fourth-order valence-electron chi connectivity index (χ4n) is 2.30. The van der Waals surface area contributed by atoms with Crippen molar-refractivity contribution in [1.82, 2.24) is 14.9 Å². The van der Waals surface area contributed by atoms with E-state index in [4.69, 9.17) is 5.84 Å². The lowest BCUT2D eigenvalue weighted by molar-refractivity contribution is 0.0696. The maximum absolute atomic E-state index is 11.2. The molecular formula is C17H16N4O2S. The second-order valence-electron chi connectivity index (χ2n) is 5.18. The van der Waals surface area contributed by atoms with Crippen LogP contribution in [0.3, 0.4) is 0 Å². The van der Waals surface area contributed by atoms with Crippen molar-refractivity contribution in [2.45, 2.75) is 17.3 Å². The zero-order valence-electron chi connectivity index (χ0n) is 12.8. The fraction of sp³-hybridized carbons (Fsp3) is 0.118. The molecule has 0 spiro atoms. The van der Waals surface area contributed by atoms with Crippen molar-refractivity contribution in [3.63, 3.8) is 0 Å². The Morgan fingerprint density at radius 2 is 1.79 bits per heavy atom. The maximum Gasteiger partial charge on any atom is 0.335 e. The van der Waals surface area contributed by atoms with Gasteiger partial charge in [0.25, 0.3) is 0 Å². The summed E-state index contributed by atoms with van der Waals surface area (Å²) in [4.78, 5) is 11.2. The maximum atomic E-state index is 11.2. The van der Waals surface area contributed by atoms with Crippen LogP contribution in [0.5, 0.6) is 0 Å². The van der Waals surface area contributed by atoms with E-state index in [2.05, 4.69) is 10.2 Å². The average molecular weight is 340 g/mol. The molecule has 7 heteroatoms. The van der Waals surface area contributed by atoms with Crippen LogP contribution < -0.4 is 5.84 Å². The van der Waals surface area contributed by atoms with Gasteiger partial charge < -0.3 is 10.9 Å². The number of thioether (sulfide) groups is 1. The van der Waals surface area contributed by atoms with Gasteiger partial charge >= 0.3 is 5.97 Å². The zero-order chi connectivity index (χ0) is 16.9. The molecule has 122 valence electrons. The molecular weight excluding hydrogens is 324 g/mol. The molecule has 0 bridgehead atoms. The molecule has 3 N–H and O–H groups in total. The Bertz CT molecular complexity index is 849. The van der Waals surface area contributed by atoms with Crippen molar-refractivity contribution in [2.75, 3.05) is 5.84 Å². The van der Waals surface area contributed by atoms with E-state index in [0.29, 0.717) is 23.2 Å². The Morgan fingerprint density at radius 3 is 2.54 bits per heavy atom. The van der Waals surface area contributed by atoms with E-state index < -0.39 is 5.97 Å². The van der Waals surface area contributed by atoms with Gasteiger partial charge in [0.1, 0.15) is 0 Å².